The van der Waals surface area contributed by atoms with Crippen LogP contribution in [0, 0.1) is 5.92 Å². The van der Waals surface area contributed by atoms with Crippen molar-refractivity contribution in [3.05, 3.63) is 71.8 Å². The Balaban J connectivity index is 1.42. The molecule has 0 bridgehead atoms. The first kappa shape index (κ1) is 19.4. The van der Waals surface area contributed by atoms with Crippen LogP contribution in [0.5, 0.6) is 0 Å². The molecule has 0 aliphatic heterocycles. The molecule has 3 atom stereocenters. The average molecular weight is 389 g/mol. The van der Waals surface area contributed by atoms with E-state index in [0.29, 0.717) is 5.92 Å². The summed E-state index contributed by atoms with van der Waals surface area (Å²) in [5.41, 5.74) is 4.68. The van der Waals surface area contributed by atoms with Crippen LogP contribution < -0.4 is 0 Å². The highest BCUT2D eigenvalue weighted by Crippen LogP contribution is 2.32. The van der Waals surface area contributed by atoms with E-state index >= 15 is 0 Å². The van der Waals surface area contributed by atoms with Crippen LogP contribution in [0.2, 0.25) is 0 Å². The molecule has 4 rings (SSSR count). The number of esters is 1. The number of pyridine rings is 1. The number of H-pyrrole nitrogens is 1. The number of rotatable bonds is 6. The lowest BCUT2D eigenvalue weighted by Crippen LogP contribution is -2.22. The second-order valence-electron chi connectivity index (χ2n) is 7.93. The van der Waals surface area contributed by atoms with Crippen molar-refractivity contribution < 1.29 is 9.53 Å². The lowest BCUT2D eigenvalue weighted by molar-refractivity contribution is -0.147. The third kappa shape index (κ3) is 4.56. The summed E-state index contributed by atoms with van der Waals surface area (Å²) in [6.45, 7) is 3.69. The third-order valence-corrected chi connectivity index (χ3v) is 5.90. The molecule has 1 aliphatic carbocycles. The molecule has 1 saturated carbocycles. The summed E-state index contributed by atoms with van der Waals surface area (Å²) in [5.74, 6) is 1.35. The van der Waals surface area contributed by atoms with Crippen molar-refractivity contribution >= 4 is 5.97 Å². The Morgan fingerprint density at radius 3 is 2.66 bits per heavy atom. The molecule has 0 spiro atoms. The summed E-state index contributed by atoms with van der Waals surface area (Å²) in [6.07, 6.45) is 9.74. The molecule has 3 aromatic rings. The van der Waals surface area contributed by atoms with E-state index in [0.717, 1.165) is 42.8 Å². The molecule has 5 heteroatoms. The molecule has 5 nitrogen and oxygen atoms in total. The SMILES string of the molecule is CC(=O)OC1CCCC1Cc1ccc(C(C)c2cnc(-c3ccncc3)[nH]2)cc1. The van der Waals surface area contributed by atoms with E-state index in [1.54, 1.807) is 12.4 Å². The Labute approximate surface area is 171 Å². The quantitative estimate of drug-likeness (QED) is 0.609. The third-order valence-electron chi connectivity index (χ3n) is 5.90. The van der Waals surface area contributed by atoms with Crippen LogP contribution in [0.15, 0.2) is 55.0 Å². The standard InChI is InChI=1S/C24H27N3O2/c1-16(22-15-26-24(27-22)20-10-12-25-13-11-20)19-8-6-18(7-9-19)14-21-4-3-5-23(21)29-17(2)28/h6-13,15-16,21,23H,3-5,14H2,1-2H3,(H,26,27). The van der Waals surface area contributed by atoms with Gasteiger partial charge in [-0.15, -0.1) is 0 Å². The molecule has 1 aromatic carbocycles. The molecule has 1 fully saturated rings. The zero-order valence-corrected chi connectivity index (χ0v) is 17.0. The normalized spacial score (nSPS) is 19.8. The van der Waals surface area contributed by atoms with E-state index in [-0.39, 0.29) is 18.0 Å². The van der Waals surface area contributed by atoms with E-state index in [9.17, 15) is 4.79 Å². The number of aromatic amines is 1. The summed E-state index contributed by atoms with van der Waals surface area (Å²) in [4.78, 5) is 23.3. The maximum absolute atomic E-state index is 11.3. The summed E-state index contributed by atoms with van der Waals surface area (Å²) in [6, 6.07) is 12.7. The van der Waals surface area contributed by atoms with Crippen molar-refractivity contribution in [3.8, 4) is 11.4 Å². The van der Waals surface area contributed by atoms with Crippen LogP contribution in [-0.2, 0) is 16.0 Å². The van der Waals surface area contributed by atoms with Gasteiger partial charge in [-0.3, -0.25) is 9.78 Å². The summed E-state index contributed by atoms with van der Waals surface area (Å²) >= 11 is 0. The number of benzene rings is 1. The molecule has 1 aliphatic rings. The van der Waals surface area contributed by atoms with Crippen LogP contribution >= 0.6 is 0 Å². The van der Waals surface area contributed by atoms with E-state index in [1.165, 1.54) is 18.1 Å². The molecule has 2 heterocycles. The van der Waals surface area contributed by atoms with Gasteiger partial charge in [0.25, 0.3) is 0 Å². The smallest absolute Gasteiger partial charge is 0.302 e. The maximum Gasteiger partial charge on any atom is 0.302 e. The first-order valence-electron chi connectivity index (χ1n) is 10.3. The van der Waals surface area contributed by atoms with Crippen molar-refractivity contribution in [2.24, 2.45) is 5.92 Å². The maximum atomic E-state index is 11.3. The molecule has 3 unspecified atom stereocenters. The molecule has 0 saturated heterocycles. The van der Waals surface area contributed by atoms with Gasteiger partial charge < -0.3 is 9.72 Å². The van der Waals surface area contributed by atoms with Gasteiger partial charge in [-0.2, -0.15) is 0 Å². The Morgan fingerprint density at radius 2 is 1.93 bits per heavy atom. The van der Waals surface area contributed by atoms with E-state index < -0.39 is 0 Å². The van der Waals surface area contributed by atoms with Gasteiger partial charge in [0.1, 0.15) is 11.9 Å². The fourth-order valence-corrected chi connectivity index (χ4v) is 4.24. The van der Waals surface area contributed by atoms with E-state index in [2.05, 4.69) is 46.1 Å². The first-order chi connectivity index (χ1) is 14.1. The number of hydrogen-bond acceptors (Lipinski definition) is 4. The predicted molar refractivity (Wildman–Crippen MR) is 112 cm³/mol. The molecular formula is C24H27N3O2. The number of carbonyl (C=O) groups is 1. The van der Waals surface area contributed by atoms with Crippen LogP contribution in [-0.4, -0.2) is 27.0 Å². The van der Waals surface area contributed by atoms with Gasteiger partial charge in [-0.05, 0) is 54.9 Å². The molecule has 29 heavy (non-hydrogen) atoms. The summed E-state index contributed by atoms with van der Waals surface area (Å²) < 4.78 is 5.50. The number of imidazole rings is 1. The van der Waals surface area contributed by atoms with Crippen LogP contribution in [0.3, 0.4) is 0 Å². The Bertz CT molecular complexity index is 950. The van der Waals surface area contributed by atoms with Gasteiger partial charge >= 0.3 is 5.97 Å². The zero-order valence-electron chi connectivity index (χ0n) is 17.0. The van der Waals surface area contributed by atoms with E-state index in [1.807, 2.05) is 18.3 Å². The monoisotopic (exact) mass is 389 g/mol. The number of carbonyl (C=O) groups excluding carboxylic acids is 1. The average Bonchev–Trinajstić information content (AvgIpc) is 3.39. The lowest BCUT2D eigenvalue weighted by atomic mass is 9.93. The second-order valence-corrected chi connectivity index (χ2v) is 7.93. The number of nitrogens with zero attached hydrogens (tertiary/aromatic N) is 2. The number of ether oxygens (including phenoxy) is 1. The fraction of sp³-hybridized carbons (Fsp3) is 0.375. The Morgan fingerprint density at radius 1 is 1.17 bits per heavy atom. The van der Waals surface area contributed by atoms with Gasteiger partial charge in [0, 0.05) is 42.7 Å². The largest absolute Gasteiger partial charge is 0.462 e. The Hall–Kier alpha value is -2.95. The highest BCUT2D eigenvalue weighted by molar-refractivity contribution is 5.66. The fourth-order valence-electron chi connectivity index (χ4n) is 4.24. The van der Waals surface area contributed by atoms with Gasteiger partial charge in [0.05, 0.1) is 0 Å². The molecule has 2 aromatic heterocycles. The van der Waals surface area contributed by atoms with Crippen LogP contribution in [0.25, 0.3) is 11.4 Å². The van der Waals surface area contributed by atoms with E-state index in [4.69, 9.17) is 4.74 Å². The summed E-state index contributed by atoms with van der Waals surface area (Å²) in [5, 5.41) is 0. The molecule has 1 N–H and O–H groups in total. The van der Waals surface area contributed by atoms with Crippen molar-refractivity contribution in [1.82, 2.24) is 15.0 Å². The number of hydrogen-bond donors (Lipinski definition) is 1. The highest BCUT2D eigenvalue weighted by atomic mass is 16.5. The topological polar surface area (TPSA) is 67.9 Å². The number of nitrogens with one attached hydrogen (secondary N) is 1. The van der Waals surface area contributed by atoms with Gasteiger partial charge in [0.2, 0.25) is 0 Å². The van der Waals surface area contributed by atoms with Gasteiger partial charge in [-0.1, -0.05) is 31.2 Å². The van der Waals surface area contributed by atoms with Gasteiger partial charge in [-0.25, -0.2) is 4.98 Å². The molecule has 0 amide bonds. The number of aromatic nitrogens is 3. The van der Waals surface area contributed by atoms with Crippen LogP contribution in [0.1, 0.15) is 55.8 Å². The molecule has 0 radical (unpaired) electrons. The predicted octanol–water partition coefficient (Wildman–Crippen LogP) is 4.90. The molecular weight excluding hydrogens is 362 g/mol. The van der Waals surface area contributed by atoms with Crippen molar-refractivity contribution in [3.63, 3.8) is 0 Å². The minimum absolute atomic E-state index is 0.0719. The molecule has 150 valence electrons. The minimum atomic E-state index is -0.170. The zero-order chi connectivity index (χ0) is 20.2. The first-order valence-corrected chi connectivity index (χ1v) is 10.3. The Kier molecular flexibility index (Phi) is 5.74. The van der Waals surface area contributed by atoms with Crippen LogP contribution in [0.4, 0.5) is 0 Å². The summed E-state index contributed by atoms with van der Waals surface area (Å²) in [7, 11) is 0. The minimum Gasteiger partial charge on any atom is -0.462 e. The van der Waals surface area contributed by atoms with Crippen molar-refractivity contribution in [2.45, 2.75) is 51.6 Å². The van der Waals surface area contributed by atoms with Gasteiger partial charge in [0.15, 0.2) is 0 Å². The second kappa shape index (κ2) is 8.60. The van der Waals surface area contributed by atoms with Crippen molar-refractivity contribution in [1.29, 1.82) is 0 Å². The van der Waals surface area contributed by atoms with Crippen molar-refractivity contribution in [2.75, 3.05) is 0 Å². The highest BCUT2D eigenvalue weighted by Gasteiger charge is 2.29. The lowest BCUT2D eigenvalue weighted by Gasteiger charge is -2.20.